The molecule has 5 amide bonds. The van der Waals surface area contributed by atoms with Crippen LogP contribution in [0.2, 0.25) is 0 Å². The van der Waals surface area contributed by atoms with E-state index < -0.39 is 72.9 Å². The van der Waals surface area contributed by atoms with Gasteiger partial charge in [-0.05, 0) is 114 Å². The van der Waals surface area contributed by atoms with Gasteiger partial charge in [0.1, 0.15) is 24.2 Å². The average molecular weight is 754 g/mol. The quantitative estimate of drug-likeness (QED) is 0.0522. The molecule has 0 aliphatic rings. The largest absolute Gasteiger partial charge is 0.475 e. The van der Waals surface area contributed by atoms with E-state index in [0.29, 0.717) is 44.3 Å². The Bertz CT molecular complexity index is 1480. The van der Waals surface area contributed by atoms with Crippen molar-refractivity contribution < 1.29 is 39.1 Å². The van der Waals surface area contributed by atoms with Crippen molar-refractivity contribution in [1.82, 2.24) is 26.6 Å². The number of amides is 5. The number of nitrogens with one attached hydrogen (secondary N) is 5. The highest BCUT2D eigenvalue weighted by molar-refractivity contribution is 6.43. The number of nitrogens with two attached hydrogens (primary N) is 2. The molecule has 298 valence electrons. The van der Waals surface area contributed by atoms with Gasteiger partial charge in [-0.25, -0.2) is 0 Å². The van der Waals surface area contributed by atoms with E-state index in [1.165, 1.54) is 26.3 Å². The molecule has 2 aromatic carbocycles. The summed E-state index contributed by atoms with van der Waals surface area (Å²) < 4.78 is 0. The van der Waals surface area contributed by atoms with Crippen molar-refractivity contribution >= 4 is 36.7 Å². The topological polar surface area (TPSA) is 258 Å². The molecule has 0 radical (unpaired) electrons. The van der Waals surface area contributed by atoms with Crippen molar-refractivity contribution in [2.75, 3.05) is 13.1 Å². The van der Waals surface area contributed by atoms with Gasteiger partial charge in [-0.1, -0.05) is 49.7 Å². The van der Waals surface area contributed by atoms with Gasteiger partial charge in [-0.15, -0.1) is 0 Å². The maximum atomic E-state index is 13.5. The minimum Gasteiger partial charge on any atom is -0.426 e. The molecule has 0 saturated heterocycles. The molecule has 0 unspecified atom stereocenters. The molecule has 2 aromatic rings. The Morgan fingerprint density at radius 2 is 1.17 bits per heavy atom. The number of hydrogen-bond donors (Lipinski definition) is 10. The van der Waals surface area contributed by atoms with E-state index in [-0.39, 0.29) is 12.8 Å². The van der Waals surface area contributed by atoms with E-state index in [2.05, 4.69) is 45.6 Å². The summed E-state index contributed by atoms with van der Waals surface area (Å²) in [5, 5.41) is 41.9. The fourth-order valence-electron chi connectivity index (χ4n) is 5.55. The lowest BCUT2D eigenvalue weighted by Crippen LogP contribution is -2.60. The van der Waals surface area contributed by atoms with Crippen LogP contribution in [0.3, 0.4) is 0 Å². The van der Waals surface area contributed by atoms with E-state index in [0.717, 1.165) is 30.4 Å². The van der Waals surface area contributed by atoms with E-state index in [9.17, 15) is 39.1 Å². The van der Waals surface area contributed by atoms with Crippen LogP contribution in [0.5, 0.6) is 0 Å². The zero-order valence-electron chi connectivity index (χ0n) is 32.0. The number of benzene rings is 2. The fourth-order valence-corrected chi connectivity index (χ4v) is 5.55. The van der Waals surface area contributed by atoms with Crippen LogP contribution in [0.25, 0.3) is 11.1 Å². The minimum absolute atomic E-state index is 0.199. The molecular weight excluding hydrogens is 693 g/mol. The van der Waals surface area contributed by atoms with Crippen molar-refractivity contribution in [1.29, 1.82) is 0 Å². The summed E-state index contributed by atoms with van der Waals surface area (Å²) in [6.45, 7) is 6.95. The van der Waals surface area contributed by atoms with E-state index >= 15 is 0 Å². The maximum absolute atomic E-state index is 13.5. The highest BCUT2D eigenvalue weighted by Crippen LogP contribution is 2.21. The molecule has 0 aliphatic carbocycles. The van der Waals surface area contributed by atoms with Crippen molar-refractivity contribution in [2.24, 2.45) is 11.5 Å². The van der Waals surface area contributed by atoms with Crippen LogP contribution >= 0.6 is 0 Å². The van der Waals surface area contributed by atoms with Gasteiger partial charge in [-0.2, -0.15) is 0 Å². The number of hydrogen-bond acceptors (Lipinski definition) is 10. The lowest BCUT2D eigenvalue weighted by Gasteiger charge is -2.27. The summed E-state index contributed by atoms with van der Waals surface area (Å²) >= 11 is 0. The zero-order chi connectivity index (χ0) is 40.2. The standard InChI is InChI=1S/C38H60BN7O8/c1-5-6-11-27-14-16-28(17-15-27)29-18-20-30(21-19-29)35(49)45-32(13-8-10-23-41)37(51)46-33(25(3)47)38(52)42-24(2)34(48)44-31(12-7-9-22-40)36(50)43-26(4)39(53)54/h14-21,24-26,31-33,47,53-54H,5-13,22-23,40-41H2,1-4H3,(H,42,52)(H,43,50)(H,44,48)(H,45,49)(H,46,51)/t24-,25+,26-,31-,32-,33-/m0/s1. The molecule has 15 nitrogen and oxygen atoms in total. The van der Waals surface area contributed by atoms with Crippen LogP contribution in [0.15, 0.2) is 48.5 Å². The van der Waals surface area contributed by atoms with Crippen LogP contribution in [0, 0.1) is 0 Å². The average Bonchev–Trinajstić information content (AvgIpc) is 3.15. The summed E-state index contributed by atoms with van der Waals surface area (Å²) in [6, 6.07) is 10.5. The van der Waals surface area contributed by atoms with E-state index in [4.69, 9.17) is 11.5 Å². The number of aliphatic hydroxyl groups is 1. The Morgan fingerprint density at radius 1 is 0.648 bits per heavy atom. The SMILES string of the molecule is CCCCc1ccc(-c2ccc(C(=O)N[C@@H](CCCCN)C(=O)N[C@H](C(=O)N[C@@H](C)C(=O)N[C@@H](CCCCN)C(=O)N[C@@H](C)B(O)O)[C@@H](C)O)cc2)cc1. The second-order valence-corrected chi connectivity index (χ2v) is 13.7. The number of aryl methyl sites for hydroxylation is 1. The van der Waals surface area contributed by atoms with Crippen LogP contribution in [0.4, 0.5) is 0 Å². The van der Waals surface area contributed by atoms with Crippen molar-refractivity contribution in [2.45, 2.75) is 122 Å². The first kappa shape index (κ1) is 45.8. The number of unbranched alkanes of at least 4 members (excludes halogenated alkanes) is 3. The molecule has 0 fully saturated rings. The molecule has 54 heavy (non-hydrogen) atoms. The summed E-state index contributed by atoms with van der Waals surface area (Å²) in [5.41, 5.74) is 14.8. The Labute approximate surface area is 318 Å². The van der Waals surface area contributed by atoms with Crippen LogP contribution in [-0.4, -0.2) is 101 Å². The molecule has 0 spiro atoms. The lowest BCUT2D eigenvalue weighted by atomic mass is 9.81. The zero-order valence-corrected chi connectivity index (χ0v) is 32.0. The Balaban J connectivity index is 2.11. The van der Waals surface area contributed by atoms with Gasteiger partial charge in [0.2, 0.25) is 23.6 Å². The smallest absolute Gasteiger partial charge is 0.426 e. The first-order chi connectivity index (χ1) is 25.7. The summed E-state index contributed by atoms with van der Waals surface area (Å²) in [7, 11) is -1.82. The highest BCUT2D eigenvalue weighted by atomic mass is 16.4. The van der Waals surface area contributed by atoms with Gasteiger partial charge >= 0.3 is 7.12 Å². The maximum Gasteiger partial charge on any atom is 0.475 e. The van der Waals surface area contributed by atoms with Gasteiger partial charge in [-0.3, -0.25) is 24.0 Å². The second-order valence-electron chi connectivity index (χ2n) is 13.7. The van der Waals surface area contributed by atoms with Crippen LogP contribution < -0.4 is 38.1 Å². The monoisotopic (exact) mass is 753 g/mol. The Morgan fingerprint density at radius 3 is 1.67 bits per heavy atom. The number of rotatable bonds is 24. The van der Waals surface area contributed by atoms with Crippen LogP contribution in [0.1, 0.15) is 95.0 Å². The molecule has 0 saturated carbocycles. The first-order valence-corrected chi connectivity index (χ1v) is 18.9. The van der Waals surface area contributed by atoms with Gasteiger partial charge < -0.3 is 53.2 Å². The first-order valence-electron chi connectivity index (χ1n) is 18.9. The normalized spacial score (nSPS) is 14.4. The lowest BCUT2D eigenvalue weighted by molar-refractivity contribution is -0.135. The predicted molar refractivity (Wildman–Crippen MR) is 208 cm³/mol. The number of carbonyl (C=O) groups is 5. The molecule has 0 aliphatic heterocycles. The molecule has 16 heteroatoms. The van der Waals surface area contributed by atoms with E-state index in [1.807, 2.05) is 24.3 Å². The third-order valence-electron chi connectivity index (χ3n) is 9.03. The fraction of sp³-hybridized carbons (Fsp3) is 0.553. The van der Waals surface area contributed by atoms with Gasteiger partial charge in [0.05, 0.1) is 12.0 Å². The second kappa shape index (κ2) is 24.1. The predicted octanol–water partition coefficient (Wildman–Crippen LogP) is 0.424. The number of carbonyl (C=O) groups excluding carboxylic acids is 5. The Hall–Kier alpha value is -4.35. The third kappa shape index (κ3) is 15.6. The number of aliphatic hydroxyl groups excluding tert-OH is 1. The molecule has 0 aromatic heterocycles. The summed E-state index contributed by atoms with van der Waals surface area (Å²) in [5.74, 6) is -4.48. The Kier molecular flexibility index (Phi) is 20.5. The van der Waals surface area contributed by atoms with Gasteiger partial charge in [0, 0.05) is 5.56 Å². The van der Waals surface area contributed by atoms with Gasteiger partial charge in [0.15, 0.2) is 0 Å². The van der Waals surface area contributed by atoms with Crippen molar-refractivity contribution in [3.8, 4) is 11.1 Å². The molecule has 0 heterocycles. The summed E-state index contributed by atoms with van der Waals surface area (Å²) in [4.78, 5) is 66.1. The molecule has 12 N–H and O–H groups in total. The van der Waals surface area contributed by atoms with Crippen molar-refractivity contribution in [3.05, 3.63) is 59.7 Å². The van der Waals surface area contributed by atoms with Crippen LogP contribution in [-0.2, 0) is 25.6 Å². The molecule has 0 bridgehead atoms. The molecule has 2 rings (SSSR count). The molecule has 6 atom stereocenters. The minimum atomic E-state index is -1.82. The third-order valence-corrected chi connectivity index (χ3v) is 9.03. The van der Waals surface area contributed by atoms with Crippen molar-refractivity contribution in [3.63, 3.8) is 0 Å². The van der Waals surface area contributed by atoms with Gasteiger partial charge in [0.25, 0.3) is 5.91 Å². The highest BCUT2D eigenvalue weighted by Gasteiger charge is 2.33. The molecular formula is C38H60BN7O8. The summed E-state index contributed by atoms with van der Waals surface area (Å²) in [6.07, 6.45) is 4.45. The van der Waals surface area contributed by atoms with E-state index in [1.54, 1.807) is 12.1 Å².